The fourth-order valence-electron chi connectivity index (χ4n) is 1.52. The monoisotopic (exact) mass is 227 g/mol. The Balaban J connectivity index is 1.88. The lowest BCUT2D eigenvalue weighted by molar-refractivity contribution is 0.0982. The van der Waals surface area contributed by atoms with Gasteiger partial charge in [0.2, 0.25) is 0 Å². The van der Waals surface area contributed by atoms with Crippen LogP contribution < -0.4 is 5.32 Å². The van der Waals surface area contributed by atoms with Crippen molar-refractivity contribution in [3.8, 4) is 0 Å². The van der Waals surface area contributed by atoms with Gasteiger partial charge in [0.25, 0.3) is 0 Å². The van der Waals surface area contributed by atoms with E-state index in [9.17, 15) is 4.79 Å². The molecule has 1 fully saturated rings. The largest absolute Gasteiger partial charge is 0.309 e. The number of hydrogen-bond acceptors (Lipinski definition) is 3. The minimum Gasteiger partial charge on any atom is -0.309 e. The standard InChI is InChI=1S/C10H14ClN3O/c1-14-10(8(11)5-13-14)9(15)6-12-4-7-2-3-7/h5,7,12H,2-4,6H2,1H3. The number of hydrogen-bond donors (Lipinski definition) is 1. The minimum atomic E-state index is 0.000602. The van der Waals surface area contributed by atoms with Crippen LogP contribution in [0.5, 0.6) is 0 Å². The average Bonchev–Trinajstić information content (AvgIpc) is 2.93. The van der Waals surface area contributed by atoms with Gasteiger partial charge in [-0.25, -0.2) is 0 Å². The van der Waals surface area contributed by atoms with Gasteiger partial charge in [0, 0.05) is 7.05 Å². The van der Waals surface area contributed by atoms with Gasteiger partial charge in [-0.05, 0) is 25.3 Å². The Labute approximate surface area is 93.6 Å². The summed E-state index contributed by atoms with van der Waals surface area (Å²) in [5.74, 6) is 0.778. The molecule has 1 aromatic rings. The third-order valence-corrected chi connectivity index (χ3v) is 2.85. The molecule has 1 aromatic heterocycles. The number of aromatic nitrogens is 2. The van der Waals surface area contributed by atoms with Crippen molar-refractivity contribution < 1.29 is 4.79 Å². The molecule has 0 aliphatic heterocycles. The molecule has 0 atom stereocenters. The summed E-state index contributed by atoms with van der Waals surface area (Å²) in [5, 5.41) is 7.50. The first-order valence-electron chi connectivity index (χ1n) is 5.10. The number of aryl methyl sites for hydroxylation is 1. The molecule has 5 heteroatoms. The summed E-state index contributed by atoms with van der Waals surface area (Å²) in [6, 6.07) is 0. The molecule has 0 aromatic carbocycles. The molecule has 82 valence electrons. The van der Waals surface area contributed by atoms with Crippen LogP contribution in [-0.2, 0) is 7.05 Å². The number of carbonyl (C=O) groups is 1. The second kappa shape index (κ2) is 4.33. The van der Waals surface area contributed by atoms with E-state index in [1.165, 1.54) is 23.7 Å². The van der Waals surface area contributed by atoms with Gasteiger partial charge in [-0.1, -0.05) is 11.6 Å². The van der Waals surface area contributed by atoms with E-state index in [0.29, 0.717) is 17.3 Å². The van der Waals surface area contributed by atoms with Crippen molar-refractivity contribution in [1.29, 1.82) is 0 Å². The Morgan fingerprint density at radius 1 is 1.73 bits per heavy atom. The van der Waals surface area contributed by atoms with E-state index in [2.05, 4.69) is 10.4 Å². The van der Waals surface area contributed by atoms with Crippen molar-refractivity contribution in [3.63, 3.8) is 0 Å². The quantitative estimate of drug-likeness (QED) is 0.771. The number of rotatable bonds is 5. The molecule has 1 N–H and O–H groups in total. The van der Waals surface area contributed by atoms with E-state index in [4.69, 9.17) is 11.6 Å². The first-order chi connectivity index (χ1) is 7.18. The van der Waals surface area contributed by atoms with Crippen LogP contribution in [-0.4, -0.2) is 28.7 Å². The summed E-state index contributed by atoms with van der Waals surface area (Å²) < 4.78 is 1.52. The van der Waals surface area contributed by atoms with Gasteiger partial charge in [0.1, 0.15) is 5.69 Å². The molecule has 1 aliphatic rings. The van der Waals surface area contributed by atoms with Crippen LogP contribution in [0.25, 0.3) is 0 Å². The molecule has 0 saturated heterocycles. The van der Waals surface area contributed by atoms with Crippen LogP contribution in [0, 0.1) is 5.92 Å². The highest BCUT2D eigenvalue weighted by atomic mass is 35.5. The highest BCUT2D eigenvalue weighted by Gasteiger charge is 2.21. The first kappa shape index (κ1) is 10.6. The van der Waals surface area contributed by atoms with Crippen LogP contribution in [0.3, 0.4) is 0 Å². The van der Waals surface area contributed by atoms with Crippen LogP contribution in [0.15, 0.2) is 6.20 Å². The summed E-state index contributed by atoms with van der Waals surface area (Å²) in [4.78, 5) is 11.7. The topological polar surface area (TPSA) is 46.9 Å². The Hall–Kier alpha value is -0.870. The number of nitrogens with zero attached hydrogens (tertiary/aromatic N) is 2. The van der Waals surface area contributed by atoms with Gasteiger partial charge in [-0.2, -0.15) is 5.10 Å². The predicted molar refractivity (Wildman–Crippen MR) is 58.1 cm³/mol. The van der Waals surface area contributed by atoms with Crippen molar-refractivity contribution in [2.75, 3.05) is 13.1 Å². The fraction of sp³-hybridized carbons (Fsp3) is 0.600. The Kier molecular flexibility index (Phi) is 3.07. The lowest BCUT2D eigenvalue weighted by Crippen LogP contribution is -2.26. The van der Waals surface area contributed by atoms with Gasteiger partial charge < -0.3 is 5.32 Å². The van der Waals surface area contributed by atoms with Gasteiger partial charge in [-0.15, -0.1) is 0 Å². The Bertz CT molecular complexity index is 351. The molecule has 15 heavy (non-hydrogen) atoms. The molecule has 0 spiro atoms. The molecule has 0 unspecified atom stereocenters. The van der Waals surface area contributed by atoms with Crippen LogP contribution in [0.4, 0.5) is 0 Å². The normalized spacial score (nSPS) is 15.6. The molecular weight excluding hydrogens is 214 g/mol. The molecule has 1 saturated carbocycles. The van der Waals surface area contributed by atoms with E-state index in [1.807, 2.05) is 0 Å². The number of carbonyl (C=O) groups excluding carboxylic acids is 1. The van der Waals surface area contributed by atoms with Gasteiger partial charge in [0.15, 0.2) is 5.78 Å². The number of Topliss-reactive ketones (excluding diaryl/α,β-unsaturated/α-hetero) is 1. The van der Waals surface area contributed by atoms with Crippen molar-refractivity contribution in [2.24, 2.45) is 13.0 Å². The van der Waals surface area contributed by atoms with Crippen molar-refractivity contribution in [2.45, 2.75) is 12.8 Å². The first-order valence-corrected chi connectivity index (χ1v) is 5.47. The molecule has 0 amide bonds. The molecule has 2 rings (SSSR count). The zero-order valence-electron chi connectivity index (χ0n) is 8.66. The highest BCUT2D eigenvalue weighted by molar-refractivity contribution is 6.33. The summed E-state index contributed by atoms with van der Waals surface area (Å²) in [6.07, 6.45) is 4.07. The highest BCUT2D eigenvalue weighted by Crippen LogP contribution is 2.27. The van der Waals surface area contributed by atoms with Crippen molar-refractivity contribution in [3.05, 3.63) is 16.9 Å². The Morgan fingerprint density at radius 3 is 3.00 bits per heavy atom. The van der Waals surface area contributed by atoms with E-state index in [1.54, 1.807) is 7.05 Å². The SMILES string of the molecule is Cn1ncc(Cl)c1C(=O)CNCC1CC1. The summed E-state index contributed by atoms with van der Waals surface area (Å²) >= 11 is 5.86. The average molecular weight is 228 g/mol. The van der Waals surface area contributed by atoms with E-state index < -0.39 is 0 Å². The molecule has 1 aliphatic carbocycles. The van der Waals surface area contributed by atoms with Crippen LogP contribution in [0.1, 0.15) is 23.3 Å². The second-order valence-corrected chi connectivity index (χ2v) is 4.37. The lowest BCUT2D eigenvalue weighted by atomic mass is 10.2. The maximum atomic E-state index is 11.7. The molecule has 0 radical (unpaired) electrons. The third kappa shape index (κ3) is 2.58. The summed E-state index contributed by atoms with van der Waals surface area (Å²) in [7, 11) is 1.72. The van der Waals surface area contributed by atoms with Gasteiger partial charge in [0.05, 0.1) is 17.8 Å². The van der Waals surface area contributed by atoms with Crippen LogP contribution >= 0.6 is 11.6 Å². The molecular formula is C10H14ClN3O. The fourth-order valence-corrected chi connectivity index (χ4v) is 1.79. The zero-order valence-corrected chi connectivity index (χ0v) is 9.42. The van der Waals surface area contributed by atoms with E-state index in [0.717, 1.165) is 12.5 Å². The summed E-state index contributed by atoms with van der Waals surface area (Å²) in [6.45, 7) is 1.27. The molecule has 0 bridgehead atoms. The van der Waals surface area contributed by atoms with Gasteiger partial charge >= 0.3 is 0 Å². The maximum absolute atomic E-state index is 11.7. The van der Waals surface area contributed by atoms with E-state index >= 15 is 0 Å². The third-order valence-electron chi connectivity index (χ3n) is 2.57. The zero-order chi connectivity index (χ0) is 10.8. The van der Waals surface area contributed by atoms with E-state index in [-0.39, 0.29) is 5.78 Å². The second-order valence-electron chi connectivity index (χ2n) is 3.96. The maximum Gasteiger partial charge on any atom is 0.196 e. The summed E-state index contributed by atoms with van der Waals surface area (Å²) in [5.41, 5.74) is 0.486. The van der Waals surface area contributed by atoms with Crippen LogP contribution in [0.2, 0.25) is 5.02 Å². The smallest absolute Gasteiger partial charge is 0.196 e. The van der Waals surface area contributed by atoms with Crippen molar-refractivity contribution in [1.82, 2.24) is 15.1 Å². The number of nitrogens with one attached hydrogen (secondary N) is 1. The molecule has 4 nitrogen and oxygen atoms in total. The predicted octanol–water partition coefficient (Wildman–Crippen LogP) is 1.26. The number of ketones is 1. The number of halogens is 1. The lowest BCUT2D eigenvalue weighted by Gasteiger charge is -2.03. The minimum absolute atomic E-state index is 0.000602. The molecule has 1 heterocycles. The van der Waals surface area contributed by atoms with Crippen molar-refractivity contribution >= 4 is 17.4 Å². The Morgan fingerprint density at radius 2 is 2.47 bits per heavy atom. The van der Waals surface area contributed by atoms with Gasteiger partial charge in [-0.3, -0.25) is 9.48 Å².